The predicted octanol–water partition coefficient (Wildman–Crippen LogP) is 4.29. The topological polar surface area (TPSA) is 38.4 Å². The molecule has 0 aromatic heterocycles. The number of aliphatic imine (C=N–C) groups is 1. The first-order valence-electron chi connectivity index (χ1n) is 6.61. The van der Waals surface area contributed by atoms with E-state index in [0.717, 1.165) is 24.1 Å². The first kappa shape index (κ1) is 19.2. The molecular weight excluding hydrogens is 220 g/mol. The minimum absolute atomic E-state index is 0.131. The number of hydrogen-bond acceptors (Lipinski definition) is 2. The average molecular weight is 250 g/mol. The maximum atomic E-state index is 5.86. The lowest BCUT2D eigenvalue weighted by Gasteiger charge is -2.15. The van der Waals surface area contributed by atoms with E-state index in [-0.39, 0.29) is 5.54 Å². The van der Waals surface area contributed by atoms with E-state index >= 15 is 0 Å². The van der Waals surface area contributed by atoms with Gasteiger partial charge < -0.3 is 5.73 Å². The maximum absolute atomic E-state index is 5.86. The molecule has 0 radical (unpaired) electrons. The fourth-order valence-corrected chi connectivity index (χ4v) is 0.935. The van der Waals surface area contributed by atoms with Gasteiger partial charge in [-0.2, -0.15) is 0 Å². The quantitative estimate of drug-likeness (QED) is 0.554. The molecule has 0 bridgehead atoms. The highest BCUT2D eigenvalue weighted by atomic mass is 14.8. The van der Waals surface area contributed by atoms with E-state index in [2.05, 4.69) is 11.6 Å². The summed E-state index contributed by atoms with van der Waals surface area (Å²) in [5, 5.41) is 0. The Balaban J connectivity index is 0. The second kappa shape index (κ2) is 11.0. The lowest BCUT2D eigenvalue weighted by atomic mass is 10.0. The normalized spacial score (nSPS) is 13.3. The first-order valence-corrected chi connectivity index (χ1v) is 6.61. The van der Waals surface area contributed by atoms with Crippen molar-refractivity contribution in [3.05, 3.63) is 36.0 Å². The van der Waals surface area contributed by atoms with Crippen LogP contribution in [0.5, 0.6) is 0 Å². The molecule has 0 spiro atoms. The molecule has 2 N–H and O–H groups in total. The zero-order chi connectivity index (χ0) is 14.6. The van der Waals surface area contributed by atoms with Crippen molar-refractivity contribution in [2.45, 2.75) is 53.5 Å². The SMILES string of the molecule is C=C/C(C)=C/C=C(\C)C=NCCC(C)(C)N.CC. The Labute approximate surface area is 113 Å². The summed E-state index contributed by atoms with van der Waals surface area (Å²) >= 11 is 0. The van der Waals surface area contributed by atoms with Crippen LogP contribution in [-0.4, -0.2) is 18.3 Å². The molecule has 0 fully saturated rings. The fourth-order valence-electron chi connectivity index (χ4n) is 0.935. The Hall–Kier alpha value is -1.15. The highest BCUT2D eigenvalue weighted by molar-refractivity contribution is 5.78. The average Bonchev–Trinajstić information content (AvgIpc) is 2.33. The number of allylic oxidation sites excluding steroid dienone is 5. The van der Waals surface area contributed by atoms with Gasteiger partial charge in [-0.3, -0.25) is 4.99 Å². The van der Waals surface area contributed by atoms with Crippen molar-refractivity contribution in [1.82, 2.24) is 0 Å². The van der Waals surface area contributed by atoms with Gasteiger partial charge in [0.15, 0.2) is 0 Å². The smallest absolute Gasteiger partial charge is 0.0406 e. The number of nitrogens with two attached hydrogens (primary N) is 1. The molecule has 0 amide bonds. The van der Waals surface area contributed by atoms with Gasteiger partial charge in [-0.25, -0.2) is 0 Å². The van der Waals surface area contributed by atoms with Crippen LogP contribution in [0, 0.1) is 0 Å². The van der Waals surface area contributed by atoms with Gasteiger partial charge in [0.05, 0.1) is 0 Å². The van der Waals surface area contributed by atoms with Gasteiger partial charge in [-0.1, -0.05) is 44.2 Å². The third kappa shape index (κ3) is 14.9. The van der Waals surface area contributed by atoms with E-state index in [0.29, 0.717) is 0 Å². The van der Waals surface area contributed by atoms with Gasteiger partial charge in [0.1, 0.15) is 0 Å². The summed E-state index contributed by atoms with van der Waals surface area (Å²) in [6, 6.07) is 0. The molecule has 0 saturated carbocycles. The highest BCUT2D eigenvalue weighted by Crippen LogP contribution is 2.03. The first-order chi connectivity index (χ1) is 8.35. The second-order valence-corrected chi connectivity index (χ2v) is 4.80. The van der Waals surface area contributed by atoms with E-state index in [9.17, 15) is 0 Å². The van der Waals surface area contributed by atoms with Crippen molar-refractivity contribution in [3.8, 4) is 0 Å². The largest absolute Gasteiger partial charge is 0.325 e. The fraction of sp³-hybridized carbons (Fsp3) is 0.562. The molecule has 0 unspecified atom stereocenters. The van der Waals surface area contributed by atoms with Crippen LogP contribution in [0.2, 0.25) is 0 Å². The number of hydrogen-bond donors (Lipinski definition) is 1. The van der Waals surface area contributed by atoms with Crippen molar-refractivity contribution < 1.29 is 0 Å². The van der Waals surface area contributed by atoms with Gasteiger partial charge in [0.2, 0.25) is 0 Å². The maximum Gasteiger partial charge on any atom is 0.0406 e. The van der Waals surface area contributed by atoms with Crippen molar-refractivity contribution in [3.63, 3.8) is 0 Å². The molecule has 0 aliphatic rings. The molecular formula is C16H30N2. The zero-order valence-electron chi connectivity index (χ0n) is 13.0. The molecule has 18 heavy (non-hydrogen) atoms. The minimum Gasteiger partial charge on any atom is -0.325 e. The molecule has 104 valence electrons. The molecule has 0 heterocycles. The third-order valence-corrected chi connectivity index (χ3v) is 2.11. The van der Waals surface area contributed by atoms with Crippen LogP contribution in [0.3, 0.4) is 0 Å². The Bertz CT molecular complexity index is 302. The molecule has 0 aliphatic carbocycles. The molecule has 0 aromatic rings. The summed E-state index contributed by atoms with van der Waals surface area (Å²) in [5.74, 6) is 0. The highest BCUT2D eigenvalue weighted by Gasteiger charge is 2.08. The Morgan fingerprint density at radius 3 is 2.11 bits per heavy atom. The minimum atomic E-state index is -0.131. The molecule has 0 saturated heterocycles. The molecule has 0 atom stereocenters. The summed E-state index contributed by atoms with van der Waals surface area (Å²) in [5.41, 5.74) is 8.01. The second-order valence-electron chi connectivity index (χ2n) is 4.80. The van der Waals surface area contributed by atoms with Crippen LogP contribution < -0.4 is 5.73 Å². The van der Waals surface area contributed by atoms with Crippen LogP contribution in [0.15, 0.2) is 40.9 Å². The van der Waals surface area contributed by atoms with Gasteiger partial charge in [0.25, 0.3) is 0 Å². The molecule has 2 heteroatoms. The van der Waals surface area contributed by atoms with E-state index in [1.165, 1.54) is 0 Å². The van der Waals surface area contributed by atoms with Crippen molar-refractivity contribution in [2.24, 2.45) is 10.7 Å². The number of nitrogens with zero attached hydrogens (tertiary/aromatic N) is 1. The summed E-state index contributed by atoms with van der Waals surface area (Å²) in [4.78, 5) is 4.33. The van der Waals surface area contributed by atoms with E-state index < -0.39 is 0 Å². The lowest BCUT2D eigenvalue weighted by Crippen LogP contribution is -2.32. The van der Waals surface area contributed by atoms with Gasteiger partial charge in [-0.05, 0) is 39.7 Å². The Morgan fingerprint density at radius 2 is 1.67 bits per heavy atom. The van der Waals surface area contributed by atoms with Crippen LogP contribution in [0.4, 0.5) is 0 Å². The molecule has 0 aliphatic heterocycles. The van der Waals surface area contributed by atoms with Gasteiger partial charge >= 0.3 is 0 Å². The van der Waals surface area contributed by atoms with Crippen LogP contribution in [0.1, 0.15) is 48.0 Å². The van der Waals surface area contributed by atoms with Crippen LogP contribution in [0.25, 0.3) is 0 Å². The summed E-state index contributed by atoms with van der Waals surface area (Å²) in [6.45, 7) is 16.6. The zero-order valence-corrected chi connectivity index (χ0v) is 13.0. The lowest BCUT2D eigenvalue weighted by molar-refractivity contribution is 0.485. The predicted molar refractivity (Wildman–Crippen MR) is 85.3 cm³/mol. The molecule has 0 aromatic carbocycles. The molecule has 2 nitrogen and oxygen atoms in total. The van der Waals surface area contributed by atoms with Gasteiger partial charge in [-0.15, -0.1) is 0 Å². The Kier molecular flexibility index (Phi) is 11.7. The van der Waals surface area contributed by atoms with Crippen molar-refractivity contribution in [2.75, 3.05) is 6.54 Å². The van der Waals surface area contributed by atoms with Gasteiger partial charge in [0, 0.05) is 18.3 Å². The molecule has 0 rings (SSSR count). The summed E-state index contributed by atoms with van der Waals surface area (Å²) in [7, 11) is 0. The van der Waals surface area contributed by atoms with E-state index in [1.807, 2.05) is 66.0 Å². The monoisotopic (exact) mass is 250 g/mol. The van der Waals surface area contributed by atoms with Crippen LogP contribution >= 0.6 is 0 Å². The van der Waals surface area contributed by atoms with Crippen molar-refractivity contribution >= 4 is 6.21 Å². The third-order valence-electron chi connectivity index (χ3n) is 2.11. The van der Waals surface area contributed by atoms with E-state index in [1.54, 1.807) is 0 Å². The van der Waals surface area contributed by atoms with Crippen LogP contribution in [-0.2, 0) is 0 Å². The van der Waals surface area contributed by atoms with Crippen molar-refractivity contribution in [1.29, 1.82) is 0 Å². The summed E-state index contributed by atoms with van der Waals surface area (Å²) < 4.78 is 0. The standard InChI is InChI=1S/C14H24N2.C2H6/c1-6-12(2)7-8-13(3)11-16-10-9-14(4,5)15;1-2/h6-8,11H,1,9-10,15H2,2-5H3;1-2H3/b12-7+,13-8+,16-11?;. The summed E-state index contributed by atoms with van der Waals surface area (Å²) in [6.07, 6.45) is 8.68. The number of rotatable bonds is 6. The van der Waals surface area contributed by atoms with E-state index in [4.69, 9.17) is 5.73 Å². The Morgan fingerprint density at radius 1 is 1.17 bits per heavy atom.